The van der Waals surface area contributed by atoms with Crippen LogP contribution < -0.4 is 0 Å². The second kappa shape index (κ2) is 7.50. The Kier molecular flexibility index (Phi) is 5.17. The number of hydrogen-bond acceptors (Lipinski definition) is 6. The second-order valence-corrected chi connectivity index (χ2v) is 5.76. The fraction of sp³-hybridized carbons (Fsp3) is 0.500. The largest absolute Gasteiger partial charge is 0.383 e. The molecule has 0 aliphatic carbocycles. The Morgan fingerprint density at radius 1 is 1.29 bits per heavy atom. The summed E-state index contributed by atoms with van der Waals surface area (Å²) in [5.74, 6) is 0.446. The van der Waals surface area contributed by atoms with Crippen molar-refractivity contribution in [3.63, 3.8) is 0 Å². The molecular weight excluding hydrogens is 310 g/mol. The van der Waals surface area contributed by atoms with Crippen LogP contribution in [0.15, 0.2) is 30.3 Å². The van der Waals surface area contributed by atoms with Gasteiger partial charge in [-0.25, -0.2) is 0 Å². The third-order valence-electron chi connectivity index (χ3n) is 4.15. The molecule has 0 N–H and O–H groups in total. The highest BCUT2D eigenvalue weighted by atomic mass is 16.5. The number of tetrazole rings is 1. The zero-order chi connectivity index (χ0) is 16.9. The smallest absolute Gasteiger partial charge is 0.246 e. The molecule has 0 saturated carbocycles. The van der Waals surface area contributed by atoms with Gasteiger partial charge in [-0.1, -0.05) is 30.3 Å². The maximum atomic E-state index is 12.6. The number of amides is 1. The molecule has 2 heterocycles. The lowest BCUT2D eigenvalue weighted by molar-refractivity contribution is -0.134. The summed E-state index contributed by atoms with van der Waals surface area (Å²) in [4.78, 5) is 15.7. The van der Waals surface area contributed by atoms with Crippen molar-refractivity contribution in [2.24, 2.45) is 0 Å². The van der Waals surface area contributed by atoms with Crippen molar-refractivity contribution in [1.82, 2.24) is 25.1 Å². The molecule has 0 unspecified atom stereocenters. The summed E-state index contributed by atoms with van der Waals surface area (Å²) < 4.78 is 10.6. The van der Waals surface area contributed by atoms with E-state index in [9.17, 15) is 4.79 Å². The van der Waals surface area contributed by atoms with Gasteiger partial charge in [0, 0.05) is 26.3 Å². The van der Waals surface area contributed by atoms with Crippen LogP contribution in [-0.4, -0.2) is 70.5 Å². The SMILES string of the molecule is COC[C@@H]1C[C@@H](OC)CN1C(=O)Cn1nnc(-c2ccccc2)n1. The summed E-state index contributed by atoms with van der Waals surface area (Å²) in [6.45, 7) is 1.10. The van der Waals surface area contributed by atoms with E-state index in [-0.39, 0.29) is 24.6 Å². The molecule has 0 bridgehead atoms. The number of carbonyl (C=O) groups is 1. The molecule has 24 heavy (non-hydrogen) atoms. The molecule has 0 radical (unpaired) electrons. The first-order valence-electron chi connectivity index (χ1n) is 7.85. The number of aromatic nitrogens is 4. The van der Waals surface area contributed by atoms with Gasteiger partial charge in [0.05, 0.1) is 18.8 Å². The fourth-order valence-corrected chi connectivity index (χ4v) is 2.93. The molecule has 1 aromatic heterocycles. The zero-order valence-corrected chi connectivity index (χ0v) is 13.8. The molecule has 1 aliphatic heterocycles. The van der Waals surface area contributed by atoms with Crippen LogP contribution in [0.2, 0.25) is 0 Å². The van der Waals surface area contributed by atoms with Crippen molar-refractivity contribution in [2.75, 3.05) is 27.4 Å². The van der Waals surface area contributed by atoms with Crippen LogP contribution in [0.1, 0.15) is 6.42 Å². The molecule has 2 aromatic rings. The van der Waals surface area contributed by atoms with E-state index in [1.165, 1.54) is 4.80 Å². The van der Waals surface area contributed by atoms with Gasteiger partial charge in [-0.05, 0) is 11.6 Å². The molecular formula is C16H21N5O3. The number of hydrogen-bond donors (Lipinski definition) is 0. The zero-order valence-electron chi connectivity index (χ0n) is 13.8. The van der Waals surface area contributed by atoms with Crippen LogP contribution in [0.3, 0.4) is 0 Å². The maximum absolute atomic E-state index is 12.6. The molecule has 1 aliphatic rings. The monoisotopic (exact) mass is 331 g/mol. The van der Waals surface area contributed by atoms with E-state index in [0.29, 0.717) is 19.0 Å². The Balaban J connectivity index is 1.67. The number of rotatable bonds is 6. The first-order valence-corrected chi connectivity index (χ1v) is 7.85. The van der Waals surface area contributed by atoms with Crippen molar-refractivity contribution in [2.45, 2.75) is 25.1 Å². The topological polar surface area (TPSA) is 82.4 Å². The van der Waals surface area contributed by atoms with Crippen LogP contribution in [0.25, 0.3) is 11.4 Å². The minimum Gasteiger partial charge on any atom is -0.383 e. The standard InChI is InChI=1S/C16H21N5O3/c1-23-11-13-8-14(24-2)9-20(13)15(22)10-21-18-16(17-19-21)12-6-4-3-5-7-12/h3-7,13-14H,8-11H2,1-2H3/t13-,14+/m0/s1. The average molecular weight is 331 g/mol. The summed E-state index contributed by atoms with van der Waals surface area (Å²) in [7, 11) is 3.29. The van der Waals surface area contributed by atoms with Crippen molar-refractivity contribution in [1.29, 1.82) is 0 Å². The lowest BCUT2D eigenvalue weighted by atomic mass is 10.2. The average Bonchev–Trinajstić information content (AvgIpc) is 3.23. The molecule has 1 fully saturated rings. The summed E-state index contributed by atoms with van der Waals surface area (Å²) in [5, 5.41) is 12.3. The molecule has 1 aromatic carbocycles. The molecule has 8 heteroatoms. The third-order valence-corrected chi connectivity index (χ3v) is 4.15. The normalized spacial score (nSPS) is 20.5. The molecule has 8 nitrogen and oxygen atoms in total. The highest BCUT2D eigenvalue weighted by Crippen LogP contribution is 2.21. The number of likely N-dealkylation sites (tertiary alicyclic amines) is 1. The highest BCUT2D eigenvalue weighted by Gasteiger charge is 2.35. The molecule has 1 amide bonds. The minimum atomic E-state index is -0.0615. The van der Waals surface area contributed by atoms with Gasteiger partial charge in [0.25, 0.3) is 0 Å². The van der Waals surface area contributed by atoms with Gasteiger partial charge >= 0.3 is 0 Å². The van der Waals surface area contributed by atoms with Crippen LogP contribution >= 0.6 is 0 Å². The number of carbonyl (C=O) groups excluding carboxylic acids is 1. The van der Waals surface area contributed by atoms with E-state index >= 15 is 0 Å². The Morgan fingerprint density at radius 3 is 2.79 bits per heavy atom. The summed E-state index contributed by atoms with van der Waals surface area (Å²) >= 11 is 0. The van der Waals surface area contributed by atoms with E-state index in [4.69, 9.17) is 9.47 Å². The van der Waals surface area contributed by atoms with Crippen molar-refractivity contribution >= 4 is 5.91 Å². The van der Waals surface area contributed by atoms with E-state index in [0.717, 1.165) is 12.0 Å². The van der Waals surface area contributed by atoms with Gasteiger partial charge < -0.3 is 14.4 Å². The lowest BCUT2D eigenvalue weighted by Gasteiger charge is -2.23. The number of methoxy groups -OCH3 is 2. The maximum Gasteiger partial charge on any atom is 0.246 e. The van der Waals surface area contributed by atoms with Crippen LogP contribution in [0.5, 0.6) is 0 Å². The highest BCUT2D eigenvalue weighted by molar-refractivity contribution is 5.76. The van der Waals surface area contributed by atoms with Crippen molar-refractivity contribution in [3.05, 3.63) is 30.3 Å². The Morgan fingerprint density at radius 2 is 2.08 bits per heavy atom. The molecule has 2 atom stereocenters. The van der Waals surface area contributed by atoms with Crippen molar-refractivity contribution in [3.8, 4) is 11.4 Å². The van der Waals surface area contributed by atoms with E-state index in [1.54, 1.807) is 19.1 Å². The predicted octanol–water partition coefficient (Wildman–Crippen LogP) is 0.602. The van der Waals surface area contributed by atoms with Gasteiger partial charge in [0.2, 0.25) is 11.7 Å². The third kappa shape index (κ3) is 3.60. The van der Waals surface area contributed by atoms with Gasteiger partial charge in [-0.3, -0.25) is 4.79 Å². The van der Waals surface area contributed by atoms with Gasteiger partial charge in [-0.15, -0.1) is 10.2 Å². The number of benzene rings is 1. The molecule has 1 saturated heterocycles. The Labute approximate surface area is 140 Å². The number of nitrogens with zero attached hydrogens (tertiary/aromatic N) is 5. The molecule has 3 rings (SSSR count). The summed E-state index contributed by atoms with van der Waals surface area (Å²) in [5.41, 5.74) is 0.870. The second-order valence-electron chi connectivity index (χ2n) is 5.76. The van der Waals surface area contributed by atoms with E-state index < -0.39 is 0 Å². The Bertz CT molecular complexity index is 675. The van der Waals surface area contributed by atoms with Gasteiger partial charge in [0.1, 0.15) is 6.54 Å². The first kappa shape index (κ1) is 16.5. The van der Waals surface area contributed by atoms with Crippen LogP contribution in [0, 0.1) is 0 Å². The molecule has 0 spiro atoms. The first-order chi connectivity index (χ1) is 11.7. The van der Waals surface area contributed by atoms with E-state index in [1.807, 2.05) is 30.3 Å². The lowest BCUT2D eigenvalue weighted by Crippen LogP contribution is -2.40. The number of ether oxygens (including phenoxy) is 2. The van der Waals surface area contributed by atoms with Gasteiger partial charge in [-0.2, -0.15) is 4.80 Å². The van der Waals surface area contributed by atoms with Crippen LogP contribution in [-0.2, 0) is 20.8 Å². The summed E-state index contributed by atoms with van der Waals surface area (Å²) in [6.07, 6.45) is 0.813. The van der Waals surface area contributed by atoms with Gasteiger partial charge in [0.15, 0.2) is 0 Å². The minimum absolute atomic E-state index is 0.0181. The fourth-order valence-electron chi connectivity index (χ4n) is 2.93. The predicted molar refractivity (Wildman–Crippen MR) is 86.0 cm³/mol. The van der Waals surface area contributed by atoms with Crippen molar-refractivity contribution < 1.29 is 14.3 Å². The molecule has 128 valence electrons. The Hall–Kier alpha value is -2.32. The quantitative estimate of drug-likeness (QED) is 0.771. The van der Waals surface area contributed by atoms with E-state index in [2.05, 4.69) is 15.4 Å². The summed E-state index contributed by atoms with van der Waals surface area (Å²) in [6, 6.07) is 9.57. The van der Waals surface area contributed by atoms with Crippen LogP contribution in [0.4, 0.5) is 0 Å².